The summed E-state index contributed by atoms with van der Waals surface area (Å²) in [6, 6.07) is 6.98. The number of rotatable bonds is 2. The van der Waals surface area contributed by atoms with Gasteiger partial charge in [-0.15, -0.1) is 12.4 Å². The first-order valence-corrected chi connectivity index (χ1v) is 5.74. The van der Waals surface area contributed by atoms with Crippen molar-refractivity contribution in [2.45, 2.75) is 19.4 Å². The Morgan fingerprint density at radius 3 is 2.39 bits per heavy atom. The Morgan fingerprint density at radius 1 is 1.28 bits per heavy atom. The van der Waals surface area contributed by atoms with Gasteiger partial charge in [0.15, 0.2) is 5.78 Å². The van der Waals surface area contributed by atoms with Crippen molar-refractivity contribution in [3.05, 3.63) is 35.4 Å². The smallest absolute Gasteiger partial charge is 0.254 e. The zero-order valence-corrected chi connectivity index (χ0v) is 11.1. The Kier molecular flexibility index (Phi) is 4.87. The summed E-state index contributed by atoms with van der Waals surface area (Å²) in [6.07, 6.45) is 0.827. The van der Waals surface area contributed by atoms with E-state index in [1.54, 1.807) is 29.2 Å². The van der Waals surface area contributed by atoms with Crippen LogP contribution in [0, 0.1) is 0 Å². The van der Waals surface area contributed by atoms with Crippen LogP contribution in [0.5, 0.6) is 0 Å². The highest BCUT2D eigenvalue weighted by atomic mass is 35.5. The molecule has 0 spiro atoms. The Hall–Kier alpha value is -1.39. The van der Waals surface area contributed by atoms with Gasteiger partial charge in [-0.25, -0.2) is 0 Å². The maximum absolute atomic E-state index is 12.2. The summed E-state index contributed by atoms with van der Waals surface area (Å²) in [5.74, 6) is -0.179. The standard InChI is InChI=1S/C13H16N2O2.ClH/c1-9(16)11-4-2-3-5-12(11)13(17)15-7-6-10(14)8-15;/h2-5,10H,6-8,14H2,1H3;1H/t10-;/m1./s1. The first kappa shape index (κ1) is 14.7. The summed E-state index contributed by atoms with van der Waals surface area (Å²) >= 11 is 0. The van der Waals surface area contributed by atoms with Crippen molar-refractivity contribution in [3.63, 3.8) is 0 Å². The summed E-state index contributed by atoms with van der Waals surface area (Å²) in [7, 11) is 0. The predicted octanol–water partition coefficient (Wildman–Crippen LogP) is 1.48. The molecule has 18 heavy (non-hydrogen) atoms. The molecule has 1 aromatic rings. The van der Waals surface area contributed by atoms with Crippen molar-refractivity contribution < 1.29 is 9.59 Å². The van der Waals surface area contributed by atoms with Crippen LogP contribution in [-0.4, -0.2) is 35.7 Å². The van der Waals surface area contributed by atoms with E-state index in [9.17, 15) is 9.59 Å². The molecular weight excluding hydrogens is 252 g/mol. The van der Waals surface area contributed by atoms with Crippen LogP contribution in [0.3, 0.4) is 0 Å². The van der Waals surface area contributed by atoms with E-state index >= 15 is 0 Å². The monoisotopic (exact) mass is 268 g/mol. The highest BCUT2D eigenvalue weighted by Gasteiger charge is 2.26. The first-order chi connectivity index (χ1) is 8.09. The average Bonchev–Trinajstić information content (AvgIpc) is 2.75. The van der Waals surface area contributed by atoms with Gasteiger partial charge in [0.05, 0.1) is 5.56 Å². The fourth-order valence-corrected chi connectivity index (χ4v) is 2.12. The zero-order valence-electron chi connectivity index (χ0n) is 10.3. The molecule has 1 amide bonds. The fourth-order valence-electron chi connectivity index (χ4n) is 2.12. The lowest BCUT2D eigenvalue weighted by Gasteiger charge is -2.17. The molecular formula is C13H17ClN2O2. The number of amides is 1. The highest BCUT2D eigenvalue weighted by Crippen LogP contribution is 2.16. The number of nitrogens with zero attached hydrogens (tertiary/aromatic N) is 1. The molecule has 0 radical (unpaired) electrons. The van der Waals surface area contributed by atoms with Gasteiger partial charge in [0.1, 0.15) is 0 Å². The number of Topliss-reactive ketones (excluding diaryl/α,β-unsaturated/α-hetero) is 1. The van der Waals surface area contributed by atoms with E-state index < -0.39 is 0 Å². The van der Waals surface area contributed by atoms with E-state index in [2.05, 4.69) is 0 Å². The predicted molar refractivity (Wildman–Crippen MR) is 72.2 cm³/mol. The van der Waals surface area contributed by atoms with Gasteiger partial charge in [-0.1, -0.05) is 18.2 Å². The quantitative estimate of drug-likeness (QED) is 0.827. The number of hydrogen-bond donors (Lipinski definition) is 1. The first-order valence-electron chi connectivity index (χ1n) is 5.74. The number of carbonyl (C=O) groups excluding carboxylic acids is 2. The maximum atomic E-state index is 12.2. The maximum Gasteiger partial charge on any atom is 0.254 e. The number of carbonyl (C=O) groups is 2. The minimum absolute atomic E-state index is 0. The summed E-state index contributed by atoms with van der Waals surface area (Å²) in [6.45, 7) is 2.72. The van der Waals surface area contributed by atoms with Crippen LogP contribution >= 0.6 is 12.4 Å². The van der Waals surface area contributed by atoms with E-state index in [-0.39, 0.29) is 30.1 Å². The van der Waals surface area contributed by atoms with Crippen LogP contribution in [0.2, 0.25) is 0 Å². The Morgan fingerprint density at radius 2 is 1.89 bits per heavy atom. The van der Waals surface area contributed by atoms with Gasteiger partial charge < -0.3 is 10.6 Å². The molecule has 1 fully saturated rings. The van der Waals surface area contributed by atoms with Gasteiger partial charge in [0.2, 0.25) is 0 Å². The number of halogens is 1. The van der Waals surface area contributed by atoms with Crippen LogP contribution < -0.4 is 5.73 Å². The van der Waals surface area contributed by atoms with Crippen LogP contribution in [0.1, 0.15) is 34.1 Å². The van der Waals surface area contributed by atoms with Crippen molar-refractivity contribution in [1.82, 2.24) is 4.90 Å². The molecule has 1 aliphatic rings. The van der Waals surface area contributed by atoms with Crippen LogP contribution in [-0.2, 0) is 0 Å². The molecule has 0 unspecified atom stereocenters. The lowest BCUT2D eigenvalue weighted by molar-refractivity contribution is 0.0785. The molecule has 0 aliphatic carbocycles. The van der Waals surface area contributed by atoms with E-state index in [0.717, 1.165) is 6.42 Å². The van der Waals surface area contributed by atoms with Crippen LogP contribution in [0.4, 0.5) is 0 Å². The number of likely N-dealkylation sites (tertiary alicyclic amines) is 1. The molecule has 2 N–H and O–H groups in total. The summed E-state index contributed by atoms with van der Waals surface area (Å²) < 4.78 is 0. The summed E-state index contributed by atoms with van der Waals surface area (Å²) in [5.41, 5.74) is 6.74. The topological polar surface area (TPSA) is 63.4 Å². The van der Waals surface area contributed by atoms with Gasteiger partial charge in [0, 0.05) is 24.7 Å². The Balaban J connectivity index is 0.00000162. The number of nitrogens with two attached hydrogens (primary N) is 1. The largest absolute Gasteiger partial charge is 0.337 e. The molecule has 2 rings (SSSR count). The van der Waals surface area contributed by atoms with Crippen molar-refractivity contribution in [2.24, 2.45) is 5.73 Å². The molecule has 5 heteroatoms. The molecule has 1 aliphatic heterocycles. The van der Waals surface area contributed by atoms with Gasteiger partial charge in [0.25, 0.3) is 5.91 Å². The lowest BCUT2D eigenvalue weighted by atomic mass is 10.0. The van der Waals surface area contributed by atoms with Crippen LogP contribution in [0.15, 0.2) is 24.3 Å². The number of ketones is 1. The number of benzene rings is 1. The molecule has 0 saturated carbocycles. The van der Waals surface area contributed by atoms with Crippen molar-refractivity contribution in [2.75, 3.05) is 13.1 Å². The highest BCUT2D eigenvalue weighted by molar-refractivity contribution is 6.07. The normalized spacial score (nSPS) is 18.3. The molecule has 98 valence electrons. The fraction of sp³-hybridized carbons (Fsp3) is 0.385. The molecule has 1 atom stereocenters. The minimum atomic E-state index is -0.0937. The molecule has 1 saturated heterocycles. The van der Waals surface area contributed by atoms with Gasteiger partial charge in [-0.3, -0.25) is 9.59 Å². The average molecular weight is 269 g/mol. The third kappa shape index (κ3) is 2.89. The van der Waals surface area contributed by atoms with E-state index in [1.807, 2.05) is 0 Å². The van der Waals surface area contributed by atoms with E-state index in [0.29, 0.717) is 24.2 Å². The second-order valence-electron chi connectivity index (χ2n) is 4.40. The second kappa shape index (κ2) is 5.98. The molecule has 1 aromatic carbocycles. The van der Waals surface area contributed by atoms with Crippen molar-refractivity contribution in [3.8, 4) is 0 Å². The third-order valence-corrected chi connectivity index (χ3v) is 3.05. The Bertz CT molecular complexity index is 462. The van der Waals surface area contributed by atoms with E-state index in [4.69, 9.17) is 5.73 Å². The minimum Gasteiger partial charge on any atom is -0.337 e. The molecule has 0 bridgehead atoms. The van der Waals surface area contributed by atoms with Gasteiger partial charge in [-0.2, -0.15) is 0 Å². The summed E-state index contributed by atoms with van der Waals surface area (Å²) in [4.78, 5) is 25.4. The molecule has 0 aromatic heterocycles. The second-order valence-corrected chi connectivity index (χ2v) is 4.40. The van der Waals surface area contributed by atoms with Gasteiger partial charge >= 0.3 is 0 Å². The van der Waals surface area contributed by atoms with Crippen molar-refractivity contribution in [1.29, 1.82) is 0 Å². The van der Waals surface area contributed by atoms with E-state index in [1.165, 1.54) is 6.92 Å². The van der Waals surface area contributed by atoms with Crippen molar-refractivity contribution >= 4 is 24.1 Å². The van der Waals surface area contributed by atoms with Crippen LogP contribution in [0.25, 0.3) is 0 Å². The number of hydrogen-bond acceptors (Lipinski definition) is 3. The molecule has 1 heterocycles. The Labute approximate surface area is 113 Å². The SMILES string of the molecule is CC(=O)c1ccccc1C(=O)N1CC[C@@H](N)C1.Cl. The summed E-state index contributed by atoms with van der Waals surface area (Å²) in [5, 5.41) is 0. The lowest BCUT2D eigenvalue weighted by Crippen LogP contribution is -2.32. The zero-order chi connectivity index (χ0) is 12.4. The van der Waals surface area contributed by atoms with Gasteiger partial charge in [-0.05, 0) is 19.4 Å². The third-order valence-electron chi connectivity index (χ3n) is 3.05. The molecule has 4 nitrogen and oxygen atoms in total.